The fourth-order valence-corrected chi connectivity index (χ4v) is 5.77. The van der Waals surface area contributed by atoms with E-state index in [2.05, 4.69) is 10.2 Å². The van der Waals surface area contributed by atoms with Crippen LogP contribution in [0.3, 0.4) is 0 Å². The molecule has 3 rings (SSSR count). The molecule has 0 bridgehead atoms. The van der Waals surface area contributed by atoms with Gasteiger partial charge in [0.1, 0.15) is 0 Å². The molecule has 2 heterocycles. The fraction of sp³-hybridized carbons (Fsp3) is 0.389. The molecule has 5 nitrogen and oxygen atoms in total. The third-order valence-electron chi connectivity index (χ3n) is 4.61. The molecule has 146 valence electrons. The first-order valence-corrected chi connectivity index (χ1v) is 11.9. The topological polar surface area (TPSA) is 66.5 Å². The fourth-order valence-electron chi connectivity index (χ4n) is 3.04. The lowest BCUT2D eigenvalue weighted by Crippen LogP contribution is -2.45. The zero-order valence-electron chi connectivity index (χ0n) is 14.5. The third-order valence-corrected chi connectivity index (χ3v) is 7.70. The second kappa shape index (κ2) is 8.92. The Labute approximate surface area is 173 Å². The Hall–Kier alpha value is -1.12. The minimum Gasteiger partial charge on any atom is -0.349 e. The first-order chi connectivity index (χ1) is 12.8. The van der Waals surface area contributed by atoms with Gasteiger partial charge in [-0.15, -0.1) is 0 Å². The Balaban J connectivity index is 1.49. The predicted molar refractivity (Wildman–Crippen MR) is 110 cm³/mol. The average molecular weight is 447 g/mol. The van der Waals surface area contributed by atoms with E-state index < -0.39 is 9.84 Å². The van der Waals surface area contributed by atoms with Crippen LogP contribution in [0.5, 0.6) is 0 Å². The molecule has 1 saturated heterocycles. The highest BCUT2D eigenvalue weighted by molar-refractivity contribution is 7.91. The molecule has 0 atom stereocenters. The molecule has 0 saturated carbocycles. The third kappa shape index (κ3) is 5.45. The van der Waals surface area contributed by atoms with Crippen molar-refractivity contribution in [2.24, 2.45) is 0 Å². The van der Waals surface area contributed by atoms with Crippen LogP contribution in [0.1, 0.15) is 23.2 Å². The molecule has 1 amide bonds. The number of benzene rings is 1. The summed E-state index contributed by atoms with van der Waals surface area (Å²) in [6, 6.07) is 6.38. The standard InChI is InChI=1S/C18H20Cl2N2O3S2/c19-14-1-2-16(20)17(11-14)27(24,25)10-8-22-6-3-15(4-7-22)21-18(23)13-5-9-26-12-13/h1-2,5,9,11-12,15H,3-4,6-8,10H2,(H,21,23). The maximum atomic E-state index is 12.6. The molecule has 1 fully saturated rings. The van der Waals surface area contributed by atoms with Gasteiger partial charge in [0.05, 0.1) is 15.7 Å². The number of nitrogens with one attached hydrogen (secondary N) is 1. The maximum Gasteiger partial charge on any atom is 0.252 e. The summed E-state index contributed by atoms with van der Waals surface area (Å²) in [4.78, 5) is 14.3. The van der Waals surface area contributed by atoms with Crippen molar-refractivity contribution >= 4 is 50.3 Å². The van der Waals surface area contributed by atoms with Crippen LogP contribution in [0.4, 0.5) is 0 Å². The molecule has 0 aliphatic carbocycles. The molecule has 9 heteroatoms. The van der Waals surface area contributed by atoms with Crippen LogP contribution >= 0.6 is 34.5 Å². The summed E-state index contributed by atoms with van der Waals surface area (Å²) in [5.41, 5.74) is 0.687. The average Bonchev–Trinajstić information content (AvgIpc) is 3.18. The van der Waals surface area contributed by atoms with E-state index in [0.717, 1.165) is 25.9 Å². The van der Waals surface area contributed by atoms with E-state index in [-0.39, 0.29) is 27.6 Å². The number of rotatable bonds is 6. The quantitative estimate of drug-likeness (QED) is 0.733. The van der Waals surface area contributed by atoms with Crippen molar-refractivity contribution in [3.8, 4) is 0 Å². The van der Waals surface area contributed by atoms with E-state index in [9.17, 15) is 13.2 Å². The van der Waals surface area contributed by atoms with Crippen molar-refractivity contribution < 1.29 is 13.2 Å². The molecule has 1 aliphatic heterocycles. The molecule has 27 heavy (non-hydrogen) atoms. The van der Waals surface area contributed by atoms with E-state index in [1.54, 1.807) is 12.1 Å². The second-order valence-electron chi connectivity index (χ2n) is 6.50. The van der Waals surface area contributed by atoms with Crippen LogP contribution < -0.4 is 5.32 Å². The molecular weight excluding hydrogens is 427 g/mol. The van der Waals surface area contributed by atoms with Gasteiger partial charge in [-0.3, -0.25) is 4.79 Å². The van der Waals surface area contributed by atoms with Crippen molar-refractivity contribution in [3.05, 3.63) is 50.6 Å². The summed E-state index contributed by atoms with van der Waals surface area (Å²) in [6.07, 6.45) is 1.60. The van der Waals surface area contributed by atoms with Crippen molar-refractivity contribution in [2.45, 2.75) is 23.8 Å². The number of nitrogens with zero attached hydrogens (tertiary/aromatic N) is 1. The lowest BCUT2D eigenvalue weighted by molar-refractivity contribution is 0.0913. The van der Waals surface area contributed by atoms with Crippen LogP contribution in [0.15, 0.2) is 39.9 Å². The molecule has 1 aromatic carbocycles. The van der Waals surface area contributed by atoms with Crippen LogP contribution in [0, 0.1) is 0 Å². The predicted octanol–water partition coefficient (Wildman–Crippen LogP) is 3.72. The SMILES string of the molecule is O=C(NC1CCN(CCS(=O)(=O)c2cc(Cl)ccc2Cl)CC1)c1ccsc1. The zero-order chi connectivity index (χ0) is 19.4. The number of piperidine rings is 1. The molecule has 0 spiro atoms. The van der Waals surface area contributed by atoms with Crippen LogP contribution in [0.25, 0.3) is 0 Å². The van der Waals surface area contributed by atoms with E-state index in [0.29, 0.717) is 17.1 Å². The first kappa shape index (κ1) is 20.6. The summed E-state index contributed by atoms with van der Waals surface area (Å²) >= 11 is 13.4. The van der Waals surface area contributed by atoms with Crippen molar-refractivity contribution in [1.29, 1.82) is 0 Å². The Kier molecular flexibility index (Phi) is 6.81. The van der Waals surface area contributed by atoms with Gasteiger partial charge in [0, 0.05) is 41.6 Å². The lowest BCUT2D eigenvalue weighted by atomic mass is 10.0. The Morgan fingerprint density at radius 1 is 1.22 bits per heavy atom. The Bertz CT molecular complexity index is 893. The van der Waals surface area contributed by atoms with Gasteiger partial charge < -0.3 is 10.2 Å². The molecule has 0 radical (unpaired) electrons. The summed E-state index contributed by atoms with van der Waals surface area (Å²) < 4.78 is 25.1. The van der Waals surface area contributed by atoms with Crippen LogP contribution in [-0.2, 0) is 9.84 Å². The summed E-state index contributed by atoms with van der Waals surface area (Å²) in [7, 11) is -3.50. The van der Waals surface area contributed by atoms with Gasteiger partial charge in [-0.25, -0.2) is 8.42 Å². The number of carbonyl (C=O) groups is 1. The number of thiophene rings is 1. The van der Waals surface area contributed by atoms with Crippen molar-refractivity contribution in [3.63, 3.8) is 0 Å². The van der Waals surface area contributed by atoms with Crippen LogP contribution in [0.2, 0.25) is 10.0 Å². The van der Waals surface area contributed by atoms with Gasteiger partial charge in [-0.05, 0) is 42.5 Å². The smallest absolute Gasteiger partial charge is 0.252 e. The first-order valence-electron chi connectivity index (χ1n) is 8.58. The number of halogens is 2. The van der Waals surface area contributed by atoms with Gasteiger partial charge in [0.2, 0.25) is 0 Å². The molecule has 2 aromatic rings. The van der Waals surface area contributed by atoms with Crippen molar-refractivity contribution in [2.75, 3.05) is 25.4 Å². The summed E-state index contributed by atoms with van der Waals surface area (Å²) in [5.74, 6) is -0.0632. The van der Waals surface area contributed by atoms with E-state index in [1.165, 1.54) is 23.5 Å². The molecule has 1 aliphatic rings. The number of likely N-dealkylation sites (tertiary alicyclic amines) is 1. The van der Waals surface area contributed by atoms with Crippen LogP contribution in [-0.4, -0.2) is 50.7 Å². The van der Waals surface area contributed by atoms with Gasteiger partial charge in [0.25, 0.3) is 5.91 Å². The van der Waals surface area contributed by atoms with Gasteiger partial charge in [0.15, 0.2) is 9.84 Å². The number of sulfone groups is 1. The molecule has 1 aromatic heterocycles. The number of amides is 1. The summed E-state index contributed by atoms with van der Waals surface area (Å²) in [6.45, 7) is 1.91. The van der Waals surface area contributed by atoms with E-state index >= 15 is 0 Å². The van der Waals surface area contributed by atoms with Gasteiger partial charge >= 0.3 is 0 Å². The highest BCUT2D eigenvalue weighted by Crippen LogP contribution is 2.26. The number of hydrogen-bond acceptors (Lipinski definition) is 5. The molecule has 0 unspecified atom stereocenters. The van der Waals surface area contributed by atoms with Gasteiger partial charge in [-0.1, -0.05) is 23.2 Å². The van der Waals surface area contributed by atoms with Crippen molar-refractivity contribution in [1.82, 2.24) is 10.2 Å². The minimum absolute atomic E-state index is 0.0149. The van der Waals surface area contributed by atoms with Gasteiger partial charge in [-0.2, -0.15) is 11.3 Å². The number of hydrogen-bond donors (Lipinski definition) is 1. The van der Waals surface area contributed by atoms with E-state index in [1.807, 2.05) is 10.8 Å². The highest BCUT2D eigenvalue weighted by Gasteiger charge is 2.24. The Morgan fingerprint density at radius 2 is 1.96 bits per heavy atom. The minimum atomic E-state index is -3.50. The molecular formula is C18H20Cl2N2O3S2. The second-order valence-corrected chi connectivity index (χ2v) is 10.2. The normalized spacial score (nSPS) is 16.4. The Morgan fingerprint density at radius 3 is 2.63 bits per heavy atom. The van der Waals surface area contributed by atoms with E-state index in [4.69, 9.17) is 23.2 Å². The monoisotopic (exact) mass is 446 g/mol. The summed E-state index contributed by atoms with van der Waals surface area (Å²) in [5, 5.41) is 7.29. The highest BCUT2D eigenvalue weighted by atomic mass is 35.5. The number of carbonyl (C=O) groups excluding carboxylic acids is 1. The lowest BCUT2D eigenvalue weighted by Gasteiger charge is -2.32. The maximum absolute atomic E-state index is 12.6. The largest absolute Gasteiger partial charge is 0.349 e. The molecule has 1 N–H and O–H groups in total. The zero-order valence-corrected chi connectivity index (χ0v) is 17.7.